The lowest BCUT2D eigenvalue weighted by Gasteiger charge is -2.59. The van der Waals surface area contributed by atoms with Crippen molar-refractivity contribution in [3.05, 3.63) is 29.8 Å². The van der Waals surface area contributed by atoms with Crippen LogP contribution in [0.4, 0.5) is 5.69 Å². The Morgan fingerprint density at radius 3 is 2.35 bits per heavy atom. The van der Waals surface area contributed by atoms with Crippen molar-refractivity contribution < 1.29 is 4.79 Å². The zero-order valence-corrected chi connectivity index (χ0v) is 16.7. The molecule has 5 rings (SSSR count). The molecule has 0 heterocycles. The predicted octanol–water partition coefficient (Wildman–Crippen LogP) is 5.17. The highest BCUT2D eigenvalue weighted by Gasteiger charge is 2.53. The molecule has 2 N–H and O–H groups in total. The van der Waals surface area contributed by atoms with Crippen LogP contribution in [0.5, 0.6) is 0 Å². The Morgan fingerprint density at radius 1 is 1.19 bits per heavy atom. The van der Waals surface area contributed by atoms with Crippen molar-refractivity contribution in [1.82, 2.24) is 5.32 Å². The second kappa shape index (κ2) is 6.95. The predicted molar refractivity (Wildman–Crippen MR) is 110 cm³/mol. The summed E-state index contributed by atoms with van der Waals surface area (Å²) in [6.45, 7) is 3.88. The van der Waals surface area contributed by atoms with E-state index in [-0.39, 0.29) is 5.78 Å². The maximum absolute atomic E-state index is 11.6. The third-order valence-electron chi connectivity index (χ3n) is 7.07. The molecule has 4 saturated carbocycles. The summed E-state index contributed by atoms with van der Waals surface area (Å²) in [6.07, 6.45) is 9.66. The molecule has 1 atom stereocenters. The maximum atomic E-state index is 11.6. The van der Waals surface area contributed by atoms with E-state index in [2.05, 4.69) is 17.6 Å². The van der Waals surface area contributed by atoms with E-state index in [0.29, 0.717) is 22.1 Å². The summed E-state index contributed by atoms with van der Waals surface area (Å²) in [4.78, 5) is 11.6. The number of benzene rings is 1. The van der Waals surface area contributed by atoms with Gasteiger partial charge in [0.05, 0.1) is 0 Å². The fraction of sp³-hybridized carbons (Fsp3) is 0.636. The quantitative estimate of drug-likeness (QED) is 0.554. The molecule has 1 aromatic carbocycles. The summed E-state index contributed by atoms with van der Waals surface area (Å²) in [5.41, 5.74) is 2.04. The lowest BCUT2D eigenvalue weighted by molar-refractivity contribution is -0.0709. The molecule has 0 spiro atoms. The summed E-state index contributed by atoms with van der Waals surface area (Å²) < 4.78 is 0. The molecule has 4 fully saturated rings. The summed E-state index contributed by atoms with van der Waals surface area (Å²) >= 11 is 5.64. The second-order valence-electron chi connectivity index (χ2n) is 8.98. The number of carbonyl (C=O) groups excluding carboxylic acids is 1. The Morgan fingerprint density at radius 2 is 1.81 bits per heavy atom. The summed E-state index contributed by atoms with van der Waals surface area (Å²) in [5.74, 6) is 2.93. The number of nitrogens with one attached hydrogen (secondary N) is 2. The van der Waals surface area contributed by atoms with Crippen LogP contribution in [0.3, 0.4) is 0 Å². The molecular formula is C22H30N2OS. The number of hydrogen-bond acceptors (Lipinski definition) is 2. The molecule has 0 aromatic heterocycles. The average Bonchev–Trinajstić information content (AvgIpc) is 2.58. The Kier molecular flexibility index (Phi) is 4.81. The van der Waals surface area contributed by atoms with Crippen LogP contribution in [0.2, 0.25) is 0 Å². The molecule has 26 heavy (non-hydrogen) atoms. The number of anilines is 1. The van der Waals surface area contributed by atoms with Gasteiger partial charge in [0, 0.05) is 17.3 Å². The number of thiocarbonyl (C=S) groups is 1. The lowest BCUT2D eigenvalue weighted by Crippen LogP contribution is -2.57. The van der Waals surface area contributed by atoms with E-state index in [1.54, 1.807) is 6.92 Å². The largest absolute Gasteiger partial charge is 0.359 e. The van der Waals surface area contributed by atoms with Crippen molar-refractivity contribution in [2.24, 2.45) is 23.2 Å². The van der Waals surface area contributed by atoms with Crippen molar-refractivity contribution in [1.29, 1.82) is 0 Å². The van der Waals surface area contributed by atoms with Gasteiger partial charge < -0.3 is 10.6 Å². The summed E-state index contributed by atoms with van der Waals surface area (Å²) in [7, 11) is 0. The molecule has 1 aromatic rings. The van der Waals surface area contributed by atoms with Crippen LogP contribution in [-0.4, -0.2) is 16.9 Å². The van der Waals surface area contributed by atoms with Gasteiger partial charge >= 0.3 is 0 Å². The van der Waals surface area contributed by atoms with Gasteiger partial charge in [-0.25, -0.2) is 0 Å². The molecule has 0 saturated heterocycles. The normalized spacial score (nSPS) is 32.9. The van der Waals surface area contributed by atoms with Crippen LogP contribution in [-0.2, 0) is 0 Å². The first-order valence-corrected chi connectivity index (χ1v) is 10.6. The smallest absolute Gasteiger partial charge is 0.171 e. The first-order valence-electron chi connectivity index (χ1n) is 10.2. The second-order valence-corrected chi connectivity index (χ2v) is 9.38. The molecular weight excluding hydrogens is 340 g/mol. The summed E-state index contributed by atoms with van der Waals surface area (Å²) in [6, 6.07) is 8.03. The minimum absolute atomic E-state index is 0.0764. The van der Waals surface area contributed by atoms with Gasteiger partial charge in [-0.05, 0) is 99.4 Å². The molecule has 4 bridgehead atoms. The van der Waals surface area contributed by atoms with Crippen LogP contribution < -0.4 is 10.6 Å². The molecule has 3 nitrogen and oxygen atoms in total. The highest BCUT2D eigenvalue weighted by molar-refractivity contribution is 7.80. The Bertz CT molecular complexity index is 679. The number of rotatable bonds is 5. The average molecular weight is 371 g/mol. The SMILES string of the molecule is CCC(NC(=S)Nc1cccc(C(C)=O)c1)C12CC3CC(CC(C3)C1)C2. The van der Waals surface area contributed by atoms with Crippen LogP contribution in [0.15, 0.2) is 24.3 Å². The van der Waals surface area contributed by atoms with E-state index in [4.69, 9.17) is 12.2 Å². The van der Waals surface area contributed by atoms with Gasteiger partial charge in [-0.1, -0.05) is 19.1 Å². The van der Waals surface area contributed by atoms with Gasteiger partial charge in [0.25, 0.3) is 0 Å². The van der Waals surface area contributed by atoms with Gasteiger partial charge in [0.2, 0.25) is 0 Å². The first kappa shape index (κ1) is 18.0. The van der Waals surface area contributed by atoms with Gasteiger partial charge in [-0.3, -0.25) is 4.79 Å². The molecule has 4 aliphatic rings. The van der Waals surface area contributed by atoms with Crippen molar-refractivity contribution in [3.63, 3.8) is 0 Å². The van der Waals surface area contributed by atoms with Crippen LogP contribution in [0.1, 0.15) is 69.2 Å². The van der Waals surface area contributed by atoms with Crippen molar-refractivity contribution in [2.45, 2.75) is 64.8 Å². The van der Waals surface area contributed by atoms with E-state index in [1.807, 2.05) is 24.3 Å². The molecule has 0 amide bonds. The Balaban J connectivity index is 1.44. The van der Waals surface area contributed by atoms with Crippen molar-refractivity contribution in [2.75, 3.05) is 5.32 Å². The molecule has 140 valence electrons. The lowest BCUT2D eigenvalue weighted by atomic mass is 9.47. The van der Waals surface area contributed by atoms with Gasteiger partial charge in [-0.2, -0.15) is 0 Å². The van der Waals surface area contributed by atoms with Crippen LogP contribution in [0.25, 0.3) is 0 Å². The fourth-order valence-electron chi connectivity index (χ4n) is 6.43. The first-order chi connectivity index (χ1) is 12.5. The third-order valence-corrected chi connectivity index (χ3v) is 7.29. The highest BCUT2D eigenvalue weighted by Crippen LogP contribution is 2.61. The Labute approximate surface area is 162 Å². The maximum Gasteiger partial charge on any atom is 0.171 e. The van der Waals surface area contributed by atoms with Crippen molar-refractivity contribution in [3.8, 4) is 0 Å². The highest BCUT2D eigenvalue weighted by atomic mass is 32.1. The minimum Gasteiger partial charge on any atom is -0.359 e. The Hall–Kier alpha value is -1.42. The van der Waals surface area contributed by atoms with E-state index in [0.717, 1.165) is 29.9 Å². The van der Waals surface area contributed by atoms with Gasteiger partial charge in [-0.15, -0.1) is 0 Å². The van der Waals surface area contributed by atoms with Gasteiger partial charge in [0.15, 0.2) is 10.9 Å². The van der Waals surface area contributed by atoms with Crippen LogP contribution in [0, 0.1) is 23.2 Å². The molecule has 0 radical (unpaired) electrons. The monoisotopic (exact) mass is 370 g/mol. The van der Waals surface area contributed by atoms with E-state index in [9.17, 15) is 4.79 Å². The van der Waals surface area contributed by atoms with Crippen molar-refractivity contribution >= 4 is 28.8 Å². The molecule has 4 aliphatic carbocycles. The number of Topliss-reactive ketones (excluding diaryl/α,β-unsaturated/α-hetero) is 1. The van der Waals surface area contributed by atoms with Gasteiger partial charge in [0.1, 0.15) is 0 Å². The summed E-state index contributed by atoms with van der Waals surface area (Å²) in [5, 5.41) is 7.65. The van der Waals surface area contributed by atoms with E-state index < -0.39 is 0 Å². The zero-order valence-electron chi connectivity index (χ0n) is 15.9. The zero-order chi connectivity index (χ0) is 18.3. The molecule has 1 unspecified atom stereocenters. The topological polar surface area (TPSA) is 41.1 Å². The number of hydrogen-bond donors (Lipinski definition) is 2. The van der Waals surface area contributed by atoms with Crippen LogP contribution >= 0.6 is 12.2 Å². The molecule has 0 aliphatic heterocycles. The minimum atomic E-state index is 0.0764. The third kappa shape index (κ3) is 3.40. The molecule has 4 heteroatoms. The number of ketones is 1. The van der Waals surface area contributed by atoms with E-state index >= 15 is 0 Å². The standard InChI is InChI=1S/C22H30N2OS/c1-3-20(22-11-15-7-16(12-22)9-17(8-15)13-22)24-21(26)23-19-6-4-5-18(10-19)14(2)25/h4-6,10,15-17,20H,3,7-9,11-13H2,1-2H3,(H2,23,24,26). The van der Waals surface area contributed by atoms with E-state index in [1.165, 1.54) is 38.5 Å². The fourth-order valence-corrected chi connectivity index (χ4v) is 6.69. The number of carbonyl (C=O) groups is 1.